The Morgan fingerprint density at radius 3 is 2.34 bits per heavy atom. The van der Waals surface area contributed by atoms with Crippen molar-refractivity contribution in [2.75, 3.05) is 32.2 Å². The SMILES string of the molecule is COc1cc(N2CCCC2)c(OC)cc1C=C(C#N)c1ccc2ccccc2c1. The van der Waals surface area contributed by atoms with Crippen molar-refractivity contribution >= 4 is 28.1 Å². The van der Waals surface area contributed by atoms with Gasteiger partial charge in [-0.1, -0.05) is 36.4 Å². The number of methoxy groups -OCH3 is 2. The number of rotatable bonds is 5. The van der Waals surface area contributed by atoms with Crippen LogP contribution < -0.4 is 14.4 Å². The Labute approximate surface area is 171 Å². The van der Waals surface area contributed by atoms with Crippen LogP contribution in [0.25, 0.3) is 22.4 Å². The second kappa shape index (κ2) is 8.28. The van der Waals surface area contributed by atoms with E-state index in [2.05, 4.69) is 23.1 Å². The molecule has 3 aromatic carbocycles. The van der Waals surface area contributed by atoms with Crippen LogP contribution in [0, 0.1) is 11.3 Å². The summed E-state index contributed by atoms with van der Waals surface area (Å²) in [5.41, 5.74) is 3.35. The Morgan fingerprint density at radius 2 is 1.66 bits per heavy atom. The van der Waals surface area contributed by atoms with E-state index in [4.69, 9.17) is 9.47 Å². The Bertz CT molecular complexity index is 1110. The van der Waals surface area contributed by atoms with Crippen molar-refractivity contribution in [1.82, 2.24) is 0 Å². The minimum Gasteiger partial charge on any atom is -0.496 e. The van der Waals surface area contributed by atoms with Crippen molar-refractivity contribution < 1.29 is 9.47 Å². The molecule has 29 heavy (non-hydrogen) atoms. The van der Waals surface area contributed by atoms with Crippen molar-refractivity contribution in [3.63, 3.8) is 0 Å². The summed E-state index contributed by atoms with van der Waals surface area (Å²) >= 11 is 0. The van der Waals surface area contributed by atoms with E-state index >= 15 is 0 Å². The van der Waals surface area contributed by atoms with E-state index in [9.17, 15) is 5.26 Å². The van der Waals surface area contributed by atoms with Gasteiger partial charge in [0.25, 0.3) is 0 Å². The molecule has 146 valence electrons. The lowest BCUT2D eigenvalue weighted by atomic mass is 9.99. The summed E-state index contributed by atoms with van der Waals surface area (Å²) in [5.74, 6) is 1.54. The minimum atomic E-state index is 0.588. The van der Waals surface area contributed by atoms with Gasteiger partial charge >= 0.3 is 0 Å². The minimum absolute atomic E-state index is 0.588. The van der Waals surface area contributed by atoms with Crippen LogP contribution in [0.4, 0.5) is 5.69 Å². The molecule has 4 nitrogen and oxygen atoms in total. The highest BCUT2D eigenvalue weighted by Crippen LogP contribution is 2.38. The lowest BCUT2D eigenvalue weighted by Gasteiger charge is -2.22. The molecule has 0 radical (unpaired) electrons. The van der Waals surface area contributed by atoms with Crippen LogP contribution in [0.2, 0.25) is 0 Å². The maximum absolute atomic E-state index is 9.83. The second-order valence-corrected chi connectivity index (χ2v) is 7.19. The number of benzene rings is 3. The fourth-order valence-electron chi connectivity index (χ4n) is 3.92. The van der Waals surface area contributed by atoms with Crippen molar-refractivity contribution in [3.8, 4) is 17.6 Å². The molecule has 0 amide bonds. The molecule has 4 heteroatoms. The fourth-order valence-corrected chi connectivity index (χ4v) is 3.92. The summed E-state index contributed by atoms with van der Waals surface area (Å²) in [6.07, 6.45) is 4.25. The maximum atomic E-state index is 9.83. The molecule has 1 aliphatic rings. The Morgan fingerprint density at radius 1 is 0.931 bits per heavy atom. The third-order valence-corrected chi connectivity index (χ3v) is 5.46. The zero-order chi connectivity index (χ0) is 20.2. The summed E-state index contributed by atoms with van der Waals surface area (Å²) in [7, 11) is 3.35. The van der Waals surface area contributed by atoms with E-state index in [-0.39, 0.29) is 0 Å². The monoisotopic (exact) mass is 384 g/mol. The largest absolute Gasteiger partial charge is 0.496 e. The molecular formula is C25H24N2O2. The lowest BCUT2D eigenvalue weighted by molar-refractivity contribution is 0.402. The number of hydrogen-bond donors (Lipinski definition) is 0. The summed E-state index contributed by atoms with van der Waals surface area (Å²) in [5, 5.41) is 12.1. The molecule has 0 aromatic heterocycles. The molecule has 1 aliphatic heterocycles. The molecular weight excluding hydrogens is 360 g/mol. The molecule has 0 N–H and O–H groups in total. The zero-order valence-corrected chi connectivity index (χ0v) is 16.8. The Kier molecular flexibility index (Phi) is 5.39. The number of fused-ring (bicyclic) bond motifs is 1. The topological polar surface area (TPSA) is 45.5 Å². The number of anilines is 1. The molecule has 0 bridgehead atoms. The highest BCUT2D eigenvalue weighted by molar-refractivity contribution is 5.95. The van der Waals surface area contributed by atoms with Crippen LogP contribution in [-0.2, 0) is 0 Å². The fraction of sp³-hybridized carbons (Fsp3) is 0.240. The molecule has 0 spiro atoms. The van der Waals surface area contributed by atoms with Gasteiger partial charge in [-0.05, 0) is 47.4 Å². The van der Waals surface area contributed by atoms with Crippen LogP contribution >= 0.6 is 0 Å². The van der Waals surface area contributed by atoms with Gasteiger partial charge in [0.15, 0.2) is 0 Å². The van der Waals surface area contributed by atoms with Crippen LogP contribution in [0.3, 0.4) is 0 Å². The van der Waals surface area contributed by atoms with E-state index < -0.39 is 0 Å². The first-order chi connectivity index (χ1) is 14.2. The first-order valence-electron chi connectivity index (χ1n) is 9.85. The predicted molar refractivity (Wildman–Crippen MR) is 118 cm³/mol. The van der Waals surface area contributed by atoms with E-state index in [1.54, 1.807) is 14.2 Å². The van der Waals surface area contributed by atoms with Crippen molar-refractivity contribution in [2.24, 2.45) is 0 Å². The number of hydrogen-bond acceptors (Lipinski definition) is 4. The van der Waals surface area contributed by atoms with Gasteiger partial charge < -0.3 is 14.4 Å². The highest BCUT2D eigenvalue weighted by atomic mass is 16.5. The number of allylic oxidation sites excluding steroid dienone is 1. The number of nitriles is 1. The smallest absolute Gasteiger partial charge is 0.143 e. The predicted octanol–water partition coefficient (Wildman–Crippen LogP) is 5.52. The molecule has 1 fully saturated rings. The van der Waals surface area contributed by atoms with Gasteiger partial charge in [-0.2, -0.15) is 5.26 Å². The average Bonchev–Trinajstić information content (AvgIpc) is 3.31. The summed E-state index contributed by atoms with van der Waals surface area (Å²) < 4.78 is 11.3. The lowest BCUT2D eigenvalue weighted by Crippen LogP contribution is -2.18. The molecule has 0 aliphatic carbocycles. The number of ether oxygens (including phenoxy) is 2. The highest BCUT2D eigenvalue weighted by Gasteiger charge is 2.19. The standard InChI is InChI=1S/C25H24N2O2/c1-28-24-16-23(27-11-5-6-12-27)25(29-2)15-21(24)14-22(17-26)20-10-9-18-7-3-4-8-19(18)13-20/h3-4,7-10,13-16H,5-6,11-12H2,1-2H3. The molecule has 1 saturated heterocycles. The quantitative estimate of drug-likeness (QED) is 0.429. The third kappa shape index (κ3) is 3.77. The number of nitrogens with zero attached hydrogens (tertiary/aromatic N) is 2. The molecule has 0 atom stereocenters. The van der Waals surface area contributed by atoms with E-state index in [0.29, 0.717) is 5.57 Å². The van der Waals surface area contributed by atoms with E-state index in [1.165, 1.54) is 12.8 Å². The first-order valence-corrected chi connectivity index (χ1v) is 9.85. The molecule has 0 saturated carbocycles. The maximum Gasteiger partial charge on any atom is 0.143 e. The summed E-state index contributed by atoms with van der Waals surface area (Å²) in [6.45, 7) is 2.05. The Balaban J connectivity index is 1.78. The van der Waals surface area contributed by atoms with Gasteiger partial charge in [0, 0.05) is 24.7 Å². The normalized spacial score (nSPS) is 14.1. The van der Waals surface area contributed by atoms with Crippen molar-refractivity contribution in [3.05, 3.63) is 65.7 Å². The van der Waals surface area contributed by atoms with Gasteiger partial charge in [-0.25, -0.2) is 0 Å². The molecule has 3 aromatic rings. The van der Waals surface area contributed by atoms with E-state index in [1.807, 2.05) is 48.5 Å². The summed E-state index contributed by atoms with van der Waals surface area (Å²) in [6, 6.07) is 20.6. The second-order valence-electron chi connectivity index (χ2n) is 7.19. The summed E-state index contributed by atoms with van der Waals surface area (Å²) in [4.78, 5) is 2.32. The van der Waals surface area contributed by atoms with Gasteiger partial charge in [-0.3, -0.25) is 0 Å². The Hall–Kier alpha value is -3.45. The van der Waals surface area contributed by atoms with Crippen LogP contribution in [-0.4, -0.2) is 27.3 Å². The van der Waals surface area contributed by atoms with Crippen LogP contribution in [0.5, 0.6) is 11.5 Å². The van der Waals surface area contributed by atoms with Crippen LogP contribution in [0.1, 0.15) is 24.0 Å². The van der Waals surface area contributed by atoms with Gasteiger partial charge in [0.2, 0.25) is 0 Å². The molecule has 1 heterocycles. The van der Waals surface area contributed by atoms with Gasteiger partial charge in [-0.15, -0.1) is 0 Å². The average molecular weight is 384 g/mol. The molecule has 4 rings (SSSR count). The molecule has 0 unspecified atom stereocenters. The van der Waals surface area contributed by atoms with E-state index in [0.717, 1.165) is 52.2 Å². The van der Waals surface area contributed by atoms with Crippen molar-refractivity contribution in [2.45, 2.75) is 12.8 Å². The van der Waals surface area contributed by atoms with Crippen LogP contribution in [0.15, 0.2) is 54.6 Å². The van der Waals surface area contributed by atoms with Gasteiger partial charge in [0.05, 0.1) is 31.5 Å². The van der Waals surface area contributed by atoms with Gasteiger partial charge in [0.1, 0.15) is 11.5 Å². The zero-order valence-electron chi connectivity index (χ0n) is 16.8. The van der Waals surface area contributed by atoms with Crippen molar-refractivity contribution in [1.29, 1.82) is 5.26 Å². The third-order valence-electron chi connectivity index (χ3n) is 5.46. The first kappa shape index (κ1) is 18.9.